The number of hydrogen-bond acceptors (Lipinski definition) is 3. The molecular weight excluding hydrogens is 283 g/mol. The lowest BCUT2D eigenvalue weighted by Gasteiger charge is -2.19. The van der Waals surface area contributed by atoms with Crippen LogP contribution in [0.2, 0.25) is 0 Å². The number of aliphatic imine (C=N–C) groups is 1. The smallest absolute Gasteiger partial charge is 0.168 e. The van der Waals surface area contributed by atoms with E-state index in [2.05, 4.69) is 10.3 Å². The van der Waals surface area contributed by atoms with Gasteiger partial charge in [0.05, 0.1) is 25.5 Å². The molecule has 22 heavy (non-hydrogen) atoms. The van der Waals surface area contributed by atoms with E-state index in [1.165, 1.54) is 12.1 Å². The third kappa shape index (κ3) is 3.30. The maximum atomic E-state index is 13.5. The molecule has 1 aromatic heterocycles. The zero-order chi connectivity index (χ0) is 15.5. The summed E-state index contributed by atoms with van der Waals surface area (Å²) in [5.41, 5.74) is 0.748. The summed E-state index contributed by atoms with van der Waals surface area (Å²) in [6.45, 7) is 1.95. The van der Waals surface area contributed by atoms with E-state index in [1.807, 2.05) is 19.1 Å². The first-order valence-electron chi connectivity index (χ1n) is 7.39. The summed E-state index contributed by atoms with van der Waals surface area (Å²) in [5.74, 6) is 1.75. The maximum absolute atomic E-state index is 13.5. The number of ether oxygens (including phenoxy) is 1. The first-order valence-corrected chi connectivity index (χ1v) is 7.39. The summed E-state index contributed by atoms with van der Waals surface area (Å²) in [6.07, 6.45) is 3.82. The van der Waals surface area contributed by atoms with Crippen LogP contribution in [0.1, 0.15) is 37.1 Å². The van der Waals surface area contributed by atoms with Gasteiger partial charge in [0, 0.05) is 5.56 Å². The minimum absolute atomic E-state index is 0.159. The number of rotatable bonds is 5. The summed E-state index contributed by atoms with van der Waals surface area (Å²) in [6, 6.07) is 8.39. The summed E-state index contributed by atoms with van der Waals surface area (Å²) in [4.78, 5) is 4.65. The number of nitrogens with one attached hydrogen (secondary N) is 1. The topological polar surface area (TPSA) is 46.8 Å². The van der Waals surface area contributed by atoms with Crippen LogP contribution in [0.5, 0.6) is 5.75 Å². The average molecular weight is 302 g/mol. The van der Waals surface area contributed by atoms with Gasteiger partial charge < -0.3 is 14.5 Å². The number of nitrogens with zero attached hydrogens (tertiary/aromatic N) is 1. The van der Waals surface area contributed by atoms with Gasteiger partial charge in [-0.15, -0.1) is 0 Å². The molecule has 116 valence electrons. The van der Waals surface area contributed by atoms with Crippen molar-refractivity contribution in [3.63, 3.8) is 0 Å². The van der Waals surface area contributed by atoms with Gasteiger partial charge in [0.2, 0.25) is 0 Å². The predicted octanol–water partition coefficient (Wildman–Crippen LogP) is 3.69. The highest BCUT2D eigenvalue weighted by Crippen LogP contribution is 2.28. The average Bonchev–Trinajstić information content (AvgIpc) is 3.16. The van der Waals surface area contributed by atoms with E-state index in [9.17, 15) is 4.39 Å². The molecule has 2 aromatic rings. The fourth-order valence-electron chi connectivity index (χ4n) is 2.30. The minimum atomic E-state index is -0.289. The summed E-state index contributed by atoms with van der Waals surface area (Å²) in [5, 5.41) is 3.32. The van der Waals surface area contributed by atoms with Crippen molar-refractivity contribution in [1.82, 2.24) is 5.32 Å². The molecule has 1 saturated carbocycles. The Hall–Kier alpha value is -2.30. The lowest BCUT2D eigenvalue weighted by Crippen LogP contribution is -2.28. The van der Waals surface area contributed by atoms with Crippen LogP contribution < -0.4 is 10.1 Å². The number of hydrogen-bond donors (Lipinski definition) is 1. The fraction of sp³-hybridized carbons (Fsp3) is 0.353. The van der Waals surface area contributed by atoms with Gasteiger partial charge in [0.15, 0.2) is 11.6 Å². The van der Waals surface area contributed by atoms with E-state index in [4.69, 9.17) is 9.15 Å². The Morgan fingerprint density at radius 1 is 1.41 bits per heavy atom. The normalized spacial score (nSPS) is 16.4. The van der Waals surface area contributed by atoms with Crippen LogP contribution in [0.3, 0.4) is 0 Å². The third-order valence-electron chi connectivity index (χ3n) is 3.62. The van der Waals surface area contributed by atoms with Crippen molar-refractivity contribution in [3.05, 3.63) is 53.7 Å². The first kappa shape index (κ1) is 14.6. The molecule has 0 spiro atoms. The predicted molar refractivity (Wildman–Crippen MR) is 82.8 cm³/mol. The van der Waals surface area contributed by atoms with Gasteiger partial charge in [-0.2, -0.15) is 0 Å². The van der Waals surface area contributed by atoms with Crippen molar-refractivity contribution in [2.24, 2.45) is 4.99 Å². The third-order valence-corrected chi connectivity index (χ3v) is 3.62. The Kier molecular flexibility index (Phi) is 4.13. The van der Waals surface area contributed by atoms with Crippen molar-refractivity contribution < 1.29 is 13.5 Å². The largest absolute Gasteiger partial charge is 0.496 e. The molecule has 1 aliphatic carbocycles. The van der Waals surface area contributed by atoms with Gasteiger partial charge in [-0.25, -0.2) is 4.39 Å². The molecule has 3 rings (SSSR count). The van der Waals surface area contributed by atoms with Gasteiger partial charge in [0.25, 0.3) is 0 Å². The lowest BCUT2D eigenvalue weighted by molar-refractivity contribution is 0.403. The van der Waals surface area contributed by atoms with Crippen LogP contribution in [0, 0.1) is 5.82 Å². The van der Waals surface area contributed by atoms with E-state index < -0.39 is 0 Å². The second-order valence-electron chi connectivity index (χ2n) is 5.44. The number of methoxy groups -OCH3 is 1. The molecule has 1 N–H and O–H groups in total. The van der Waals surface area contributed by atoms with Crippen molar-refractivity contribution in [2.45, 2.75) is 31.8 Å². The lowest BCUT2D eigenvalue weighted by atomic mass is 10.1. The van der Waals surface area contributed by atoms with Gasteiger partial charge in [-0.1, -0.05) is 0 Å². The highest BCUT2D eigenvalue weighted by molar-refractivity contribution is 5.96. The zero-order valence-electron chi connectivity index (χ0n) is 12.7. The van der Waals surface area contributed by atoms with E-state index in [0.29, 0.717) is 23.4 Å². The van der Waals surface area contributed by atoms with Crippen LogP contribution in [0.25, 0.3) is 0 Å². The fourth-order valence-corrected chi connectivity index (χ4v) is 2.30. The zero-order valence-corrected chi connectivity index (χ0v) is 12.7. The number of amidine groups is 1. The molecule has 1 unspecified atom stereocenters. The van der Waals surface area contributed by atoms with Crippen LogP contribution in [-0.2, 0) is 0 Å². The molecule has 0 aliphatic heterocycles. The Morgan fingerprint density at radius 2 is 2.23 bits per heavy atom. The van der Waals surface area contributed by atoms with Crippen molar-refractivity contribution >= 4 is 5.84 Å². The maximum Gasteiger partial charge on any atom is 0.168 e. The number of furan rings is 1. The van der Waals surface area contributed by atoms with Crippen molar-refractivity contribution in [3.8, 4) is 5.75 Å². The summed E-state index contributed by atoms with van der Waals surface area (Å²) < 4.78 is 24.3. The number of benzene rings is 1. The van der Waals surface area contributed by atoms with Gasteiger partial charge >= 0.3 is 0 Å². The molecule has 1 fully saturated rings. The van der Waals surface area contributed by atoms with Crippen LogP contribution in [0.15, 0.2) is 46.0 Å². The molecule has 4 nitrogen and oxygen atoms in total. The second-order valence-corrected chi connectivity index (χ2v) is 5.44. The molecule has 0 bridgehead atoms. The Morgan fingerprint density at radius 3 is 2.86 bits per heavy atom. The van der Waals surface area contributed by atoms with Gasteiger partial charge in [0.1, 0.15) is 11.6 Å². The summed E-state index contributed by atoms with van der Waals surface area (Å²) >= 11 is 0. The molecule has 1 aromatic carbocycles. The molecule has 0 radical (unpaired) electrons. The van der Waals surface area contributed by atoms with E-state index in [0.717, 1.165) is 18.4 Å². The van der Waals surface area contributed by atoms with Crippen molar-refractivity contribution in [2.75, 3.05) is 7.11 Å². The molecular formula is C17H19FN2O2. The molecule has 0 amide bonds. The highest BCUT2D eigenvalue weighted by Gasteiger charge is 2.23. The second kappa shape index (κ2) is 6.22. The quantitative estimate of drug-likeness (QED) is 0.677. The highest BCUT2D eigenvalue weighted by atomic mass is 19.1. The van der Waals surface area contributed by atoms with Gasteiger partial charge in [-0.3, -0.25) is 4.99 Å². The van der Waals surface area contributed by atoms with Crippen LogP contribution in [0.4, 0.5) is 4.39 Å². The Balaban J connectivity index is 1.85. The first-order chi connectivity index (χ1) is 10.7. The van der Waals surface area contributed by atoms with Crippen molar-refractivity contribution in [1.29, 1.82) is 0 Å². The summed E-state index contributed by atoms with van der Waals surface area (Å²) in [7, 11) is 1.58. The molecule has 0 saturated heterocycles. The van der Waals surface area contributed by atoms with E-state index in [1.54, 1.807) is 19.4 Å². The van der Waals surface area contributed by atoms with E-state index in [-0.39, 0.29) is 11.9 Å². The Bertz CT molecular complexity index is 663. The monoisotopic (exact) mass is 302 g/mol. The molecule has 1 atom stereocenters. The minimum Gasteiger partial charge on any atom is -0.496 e. The van der Waals surface area contributed by atoms with Crippen LogP contribution in [-0.4, -0.2) is 19.0 Å². The SMILES string of the molecule is COc1ccc(F)cc1C(C)NC(=NC1CC1)c1ccco1. The standard InChI is InChI=1S/C17H19FN2O2/c1-11(14-10-12(18)5-8-15(14)21-2)19-17(20-13-6-7-13)16-4-3-9-22-16/h3-5,8-11,13H,6-7H2,1-2H3,(H,19,20). The molecule has 1 aliphatic rings. The van der Waals surface area contributed by atoms with Crippen LogP contribution >= 0.6 is 0 Å². The van der Waals surface area contributed by atoms with Gasteiger partial charge in [-0.05, 0) is 50.1 Å². The number of halogens is 1. The van der Waals surface area contributed by atoms with E-state index >= 15 is 0 Å². The molecule has 5 heteroatoms. The Labute approximate surface area is 129 Å². The molecule has 1 heterocycles.